The predicted octanol–water partition coefficient (Wildman–Crippen LogP) is 13.5. The largest absolute Gasteiger partial charge is 0.317 e. The molecule has 3 saturated heterocycles. The second kappa shape index (κ2) is 22.5. The van der Waals surface area contributed by atoms with Gasteiger partial charge < -0.3 is 15.5 Å². The lowest BCUT2D eigenvalue weighted by Crippen LogP contribution is -2.32. The Bertz CT molecular complexity index is 3990. The van der Waals surface area contributed by atoms with Crippen molar-refractivity contribution < 1.29 is 0 Å². The van der Waals surface area contributed by atoms with Crippen LogP contribution in [0.5, 0.6) is 0 Å². The van der Waals surface area contributed by atoms with E-state index in [-0.39, 0.29) is 0 Å². The molecular formula is C68H70N12. The van der Waals surface area contributed by atoms with Gasteiger partial charge in [-0.15, -0.1) is 0 Å². The van der Waals surface area contributed by atoms with Gasteiger partial charge in [0, 0.05) is 94.8 Å². The average Bonchev–Trinajstić information content (AvgIpc) is 4.22. The first kappa shape index (κ1) is 51.3. The molecule has 6 aromatic heterocycles. The molecule has 12 aromatic rings. The number of rotatable bonds is 7. The molecule has 9 heterocycles. The molecule has 3 fully saturated rings. The summed E-state index contributed by atoms with van der Waals surface area (Å²) >= 11 is 0. The molecule has 12 heteroatoms. The number of hydrogen-bond donors (Lipinski definition) is 2. The Kier molecular flexibility index (Phi) is 14.4. The maximum atomic E-state index is 4.95. The minimum absolute atomic E-state index is 0.591. The molecule has 6 aromatic carbocycles. The maximum absolute atomic E-state index is 4.95. The molecule has 402 valence electrons. The van der Waals surface area contributed by atoms with Crippen LogP contribution < -0.4 is 10.6 Å². The zero-order chi connectivity index (χ0) is 54.1. The third kappa shape index (κ3) is 11.1. The highest BCUT2D eigenvalue weighted by Gasteiger charge is 2.21. The zero-order valence-electron chi connectivity index (χ0n) is 46.5. The first-order valence-corrected chi connectivity index (χ1v) is 28.9. The highest BCUT2D eigenvalue weighted by molar-refractivity contribution is 5.90. The van der Waals surface area contributed by atoms with Crippen LogP contribution in [-0.2, 0) is 21.1 Å². The fraction of sp³-hybridized carbons (Fsp3) is 0.294. The third-order valence-corrected chi connectivity index (χ3v) is 17.0. The van der Waals surface area contributed by atoms with Crippen LogP contribution in [0.2, 0.25) is 0 Å². The van der Waals surface area contributed by atoms with E-state index < -0.39 is 0 Å². The lowest BCUT2D eigenvalue weighted by Gasteiger charge is -2.31. The van der Waals surface area contributed by atoms with Crippen molar-refractivity contribution in [1.82, 2.24) is 59.8 Å². The monoisotopic (exact) mass is 1050 g/mol. The molecule has 0 unspecified atom stereocenters. The van der Waals surface area contributed by atoms with Crippen LogP contribution >= 0.6 is 0 Å². The molecule has 0 spiro atoms. The predicted molar refractivity (Wildman–Crippen MR) is 328 cm³/mol. The minimum atomic E-state index is 0.591. The van der Waals surface area contributed by atoms with E-state index in [0.717, 1.165) is 92.6 Å². The van der Waals surface area contributed by atoms with Crippen LogP contribution in [0.15, 0.2) is 164 Å². The number of nitrogens with one attached hydrogen (secondary N) is 2. The van der Waals surface area contributed by atoms with Crippen molar-refractivity contribution in [3.63, 3.8) is 0 Å². The van der Waals surface area contributed by atoms with E-state index in [1.807, 2.05) is 41.4 Å². The van der Waals surface area contributed by atoms with Crippen molar-refractivity contribution in [1.29, 1.82) is 0 Å². The van der Waals surface area contributed by atoms with Gasteiger partial charge in [-0.1, -0.05) is 61.5 Å². The molecule has 3 aliphatic rings. The third-order valence-electron chi connectivity index (χ3n) is 17.0. The molecule has 3 aliphatic heterocycles. The Labute approximate surface area is 467 Å². The van der Waals surface area contributed by atoms with Crippen LogP contribution in [0.25, 0.3) is 99.1 Å². The molecule has 2 N–H and O–H groups in total. The Morgan fingerprint density at radius 1 is 0.375 bits per heavy atom. The smallest absolute Gasteiger partial charge is 0.0923 e. The van der Waals surface area contributed by atoms with Crippen LogP contribution in [-0.4, -0.2) is 95.0 Å². The van der Waals surface area contributed by atoms with Crippen LogP contribution in [0, 0.1) is 0 Å². The van der Waals surface area contributed by atoms with Crippen LogP contribution in [0.1, 0.15) is 80.0 Å². The van der Waals surface area contributed by atoms with Crippen molar-refractivity contribution in [2.45, 2.75) is 63.2 Å². The maximum Gasteiger partial charge on any atom is 0.0923 e. The summed E-state index contributed by atoms with van der Waals surface area (Å²) < 4.78 is 5.57. The van der Waals surface area contributed by atoms with Crippen molar-refractivity contribution in [3.8, 4) is 33.6 Å². The lowest BCUT2D eigenvalue weighted by atomic mass is 9.88. The topological polar surface area (TPSA) is 119 Å². The Morgan fingerprint density at radius 2 is 0.762 bits per heavy atom. The molecule has 80 heavy (non-hydrogen) atoms. The van der Waals surface area contributed by atoms with Crippen molar-refractivity contribution in [3.05, 3.63) is 181 Å². The fourth-order valence-corrected chi connectivity index (χ4v) is 12.5. The van der Waals surface area contributed by atoms with E-state index in [9.17, 15) is 0 Å². The van der Waals surface area contributed by atoms with Gasteiger partial charge in [-0.2, -0.15) is 15.3 Å². The highest BCUT2D eigenvalue weighted by atomic mass is 15.3. The zero-order valence-corrected chi connectivity index (χ0v) is 46.5. The lowest BCUT2D eigenvalue weighted by molar-refractivity contribution is 0.222. The molecule has 0 radical (unpaired) electrons. The molecule has 0 aliphatic carbocycles. The minimum Gasteiger partial charge on any atom is -0.317 e. The second-order valence-electron chi connectivity index (χ2n) is 22.4. The first-order chi connectivity index (χ1) is 39.2. The fourth-order valence-electron chi connectivity index (χ4n) is 12.5. The summed E-state index contributed by atoms with van der Waals surface area (Å²) in [5, 5.41) is 27.4. The number of piperidine rings is 3. The molecule has 12 nitrogen and oxygen atoms in total. The van der Waals surface area contributed by atoms with Gasteiger partial charge in [-0.3, -0.25) is 19.0 Å². The molecule has 0 amide bonds. The van der Waals surface area contributed by atoms with Gasteiger partial charge in [0.1, 0.15) is 0 Å². The number of pyridine rings is 3. The van der Waals surface area contributed by atoms with Crippen molar-refractivity contribution in [2.24, 2.45) is 21.1 Å². The van der Waals surface area contributed by atoms with Crippen molar-refractivity contribution in [2.75, 3.05) is 45.8 Å². The van der Waals surface area contributed by atoms with Gasteiger partial charge in [-0.25, -0.2) is 9.97 Å². The average molecular weight is 1060 g/mol. The van der Waals surface area contributed by atoms with Gasteiger partial charge in [0.15, 0.2) is 0 Å². The van der Waals surface area contributed by atoms with Gasteiger partial charge in [-0.05, 0) is 209 Å². The Hall–Kier alpha value is -8.16. The van der Waals surface area contributed by atoms with E-state index in [2.05, 4.69) is 196 Å². The molecule has 15 rings (SSSR count). The number of hydrogen-bond acceptors (Lipinski definition) is 9. The van der Waals surface area contributed by atoms with E-state index in [1.54, 1.807) is 0 Å². The van der Waals surface area contributed by atoms with Crippen LogP contribution in [0.3, 0.4) is 0 Å². The number of aryl methyl sites for hydroxylation is 3. The number of aromatic nitrogens is 9. The second-order valence-corrected chi connectivity index (χ2v) is 22.4. The van der Waals surface area contributed by atoms with E-state index in [0.29, 0.717) is 17.8 Å². The number of benzene rings is 6. The number of fused-ring (bicyclic) bond motifs is 6. The normalized spacial score (nSPS) is 15.9. The van der Waals surface area contributed by atoms with Gasteiger partial charge in [0.2, 0.25) is 0 Å². The quantitative estimate of drug-likeness (QED) is 0.161. The van der Waals surface area contributed by atoms with Crippen LogP contribution in [0.4, 0.5) is 0 Å². The summed E-state index contributed by atoms with van der Waals surface area (Å²) in [6.45, 7) is 10.3. The standard InChI is InChI=1S/C24H26N4.2C22H22N4/c1-3-28-12-10-17(11-13-28)18-4-7-22-19(14-18)5-8-23(25-22)20-6-9-24-21(15-20)16-27(2)26-24;1-26-14-19-13-17(3-7-22(19)25-26)16-2-5-21-18(12-16)4-6-20(24-21)15-8-10-23-11-9-15;1-26-14-19-13-18(4-7-22(19)25-26)21-6-3-17-12-16(2-5-20(17)24-21)15-8-10-23-11-9-15/h4-9,14-17H,3,10-13H2,1-2H3;2*2-7,12-15,23H,8-11H2,1H3. The van der Waals surface area contributed by atoms with Gasteiger partial charge >= 0.3 is 0 Å². The Balaban J connectivity index is 0.000000113. The molecule has 0 atom stereocenters. The van der Waals surface area contributed by atoms with Gasteiger partial charge in [0.05, 0.1) is 44.5 Å². The summed E-state index contributed by atoms with van der Waals surface area (Å²) in [6.07, 6.45) is 13.5. The molecule has 0 saturated carbocycles. The first-order valence-electron chi connectivity index (χ1n) is 28.9. The van der Waals surface area contributed by atoms with E-state index in [1.165, 1.54) is 108 Å². The Morgan fingerprint density at radius 3 is 1.26 bits per heavy atom. The molecular weight excluding hydrogens is 985 g/mol. The van der Waals surface area contributed by atoms with E-state index in [4.69, 9.17) is 15.0 Å². The number of likely N-dealkylation sites (tertiary alicyclic amines) is 1. The summed E-state index contributed by atoms with van der Waals surface area (Å²) in [4.78, 5) is 17.3. The summed E-state index contributed by atoms with van der Waals surface area (Å²) in [5.41, 5.74) is 17.2. The highest BCUT2D eigenvalue weighted by Crippen LogP contribution is 2.34. The van der Waals surface area contributed by atoms with Crippen molar-refractivity contribution >= 4 is 65.4 Å². The molecule has 0 bridgehead atoms. The van der Waals surface area contributed by atoms with E-state index >= 15 is 0 Å². The summed E-state index contributed by atoms with van der Waals surface area (Å²) in [5.74, 6) is 1.95. The van der Waals surface area contributed by atoms with Gasteiger partial charge in [0.25, 0.3) is 0 Å². The number of nitrogens with zero attached hydrogens (tertiary/aromatic N) is 10. The SMILES string of the molecule is CCN1CCC(c2ccc3nc(-c4ccc5nn(C)cc5c4)ccc3c2)CC1.Cn1cc2cc(-c3ccc4cc(C5CCNCC5)ccc4n3)ccc2n1.Cn1cc2cc(-c3ccc4nc(C5CCNCC5)ccc4c3)ccc2n1. The summed E-state index contributed by atoms with van der Waals surface area (Å²) in [6, 6.07) is 52.5. The summed E-state index contributed by atoms with van der Waals surface area (Å²) in [7, 11) is 5.87.